The van der Waals surface area contributed by atoms with Crippen LogP contribution in [0.5, 0.6) is 11.5 Å². The number of carbonyl (C=O) groups is 1. The van der Waals surface area contributed by atoms with Gasteiger partial charge in [-0.15, -0.1) is 5.92 Å². The molecule has 0 heterocycles. The van der Waals surface area contributed by atoms with E-state index in [0.29, 0.717) is 0 Å². The van der Waals surface area contributed by atoms with Crippen molar-refractivity contribution in [2.75, 3.05) is 13.1 Å². The highest BCUT2D eigenvalue weighted by molar-refractivity contribution is 6.03. The van der Waals surface area contributed by atoms with Gasteiger partial charge in [0, 0.05) is 18.2 Å². The van der Waals surface area contributed by atoms with Gasteiger partial charge in [0.1, 0.15) is 11.8 Å². The Morgan fingerprint density at radius 2 is 2.04 bits per heavy atom. The van der Waals surface area contributed by atoms with E-state index in [0.717, 1.165) is 12.1 Å². The van der Waals surface area contributed by atoms with E-state index in [1.165, 1.54) is 4.90 Å². The minimum Gasteiger partial charge on any atom is -0.506 e. The highest BCUT2D eigenvalue weighted by Gasteiger charge is 2.25. The Balaban J connectivity index is 3.47. The number of amides is 1. The number of aromatic hydroxyl groups is 2. The molecule has 9 heteroatoms. The van der Waals surface area contributed by atoms with E-state index in [-0.39, 0.29) is 18.7 Å². The van der Waals surface area contributed by atoms with Crippen molar-refractivity contribution in [3.8, 4) is 29.4 Å². The van der Waals surface area contributed by atoms with Crippen molar-refractivity contribution >= 4 is 17.4 Å². The summed E-state index contributed by atoms with van der Waals surface area (Å²) in [6.45, 7) is 3.48. The number of aliphatic hydroxyl groups is 1. The minimum absolute atomic E-state index is 0.0330. The Kier molecular flexibility index (Phi) is 6.36. The molecule has 0 aliphatic heterocycles. The number of nitrogens with zero attached hydrogens (tertiary/aromatic N) is 3. The second-order valence-electron chi connectivity index (χ2n) is 4.70. The van der Waals surface area contributed by atoms with Gasteiger partial charge in [-0.2, -0.15) is 5.26 Å². The van der Waals surface area contributed by atoms with Crippen LogP contribution in [0, 0.1) is 33.3 Å². The average Bonchev–Trinajstić information content (AvgIpc) is 2.58. The van der Waals surface area contributed by atoms with Crippen molar-refractivity contribution in [3.63, 3.8) is 0 Å². The SMILES string of the molecule is CC#CCN(CC)C(=O)/C(C#N)=C(\O)c1cc(O)c(O)c([N+](=O)[O-])c1. The second-order valence-corrected chi connectivity index (χ2v) is 4.70. The molecule has 25 heavy (non-hydrogen) atoms. The summed E-state index contributed by atoms with van der Waals surface area (Å²) in [5.41, 5.74) is -1.90. The first-order valence-corrected chi connectivity index (χ1v) is 7.01. The Hall–Kier alpha value is -3.72. The number of likely N-dealkylation sites (N-methyl/N-ethyl adjacent to an activating group) is 1. The zero-order chi connectivity index (χ0) is 19.1. The minimum atomic E-state index is -0.986. The van der Waals surface area contributed by atoms with Gasteiger partial charge in [0.15, 0.2) is 11.3 Å². The third-order valence-electron chi connectivity index (χ3n) is 3.22. The number of phenolic OH excluding ortho intramolecular Hbond substituents is 2. The molecule has 1 amide bonds. The van der Waals surface area contributed by atoms with Crippen molar-refractivity contribution < 1.29 is 25.0 Å². The van der Waals surface area contributed by atoms with Crippen molar-refractivity contribution in [2.24, 2.45) is 0 Å². The quantitative estimate of drug-likeness (QED) is 0.140. The molecule has 0 fully saturated rings. The number of nitro benzene ring substituents is 1. The summed E-state index contributed by atoms with van der Waals surface area (Å²) in [7, 11) is 0. The molecular weight excluding hydrogens is 330 g/mol. The highest BCUT2D eigenvalue weighted by Crippen LogP contribution is 2.38. The number of rotatable bonds is 5. The van der Waals surface area contributed by atoms with Gasteiger partial charge in [0.2, 0.25) is 5.75 Å². The van der Waals surface area contributed by atoms with Gasteiger partial charge >= 0.3 is 5.69 Å². The van der Waals surface area contributed by atoms with Crippen molar-refractivity contribution in [2.45, 2.75) is 13.8 Å². The number of benzene rings is 1. The fourth-order valence-corrected chi connectivity index (χ4v) is 1.89. The second kappa shape index (κ2) is 8.22. The maximum Gasteiger partial charge on any atom is 0.315 e. The molecule has 1 aromatic carbocycles. The predicted octanol–water partition coefficient (Wildman–Crippen LogP) is 1.67. The third kappa shape index (κ3) is 4.18. The molecule has 0 unspecified atom stereocenters. The highest BCUT2D eigenvalue weighted by atomic mass is 16.6. The normalized spacial score (nSPS) is 10.8. The van der Waals surface area contributed by atoms with E-state index < -0.39 is 39.3 Å². The van der Waals surface area contributed by atoms with E-state index in [1.807, 2.05) is 0 Å². The zero-order valence-corrected chi connectivity index (χ0v) is 13.5. The van der Waals surface area contributed by atoms with E-state index in [9.17, 15) is 35.5 Å². The lowest BCUT2D eigenvalue weighted by molar-refractivity contribution is -0.386. The predicted molar refractivity (Wildman–Crippen MR) is 87.3 cm³/mol. The van der Waals surface area contributed by atoms with Crippen LogP contribution in [0.2, 0.25) is 0 Å². The molecule has 9 nitrogen and oxygen atoms in total. The number of nitro groups is 1. The van der Waals surface area contributed by atoms with Crippen LogP contribution in [-0.4, -0.2) is 44.1 Å². The molecule has 0 saturated carbocycles. The van der Waals surface area contributed by atoms with Gasteiger partial charge in [-0.25, -0.2) is 0 Å². The first kappa shape index (κ1) is 19.3. The first-order valence-electron chi connectivity index (χ1n) is 7.01. The summed E-state index contributed by atoms with van der Waals surface area (Å²) in [5, 5.41) is 49.3. The summed E-state index contributed by atoms with van der Waals surface area (Å²) in [4.78, 5) is 23.5. The largest absolute Gasteiger partial charge is 0.506 e. The molecule has 130 valence electrons. The lowest BCUT2D eigenvalue weighted by Crippen LogP contribution is -2.32. The number of hydrogen-bond acceptors (Lipinski definition) is 7. The fourth-order valence-electron chi connectivity index (χ4n) is 1.89. The van der Waals surface area contributed by atoms with Gasteiger partial charge in [0.05, 0.1) is 11.5 Å². The van der Waals surface area contributed by atoms with Gasteiger partial charge in [-0.1, -0.05) is 5.92 Å². The van der Waals surface area contributed by atoms with Gasteiger partial charge in [-0.3, -0.25) is 14.9 Å². The Labute approximate surface area is 143 Å². The van der Waals surface area contributed by atoms with Crippen LogP contribution >= 0.6 is 0 Å². The summed E-state index contributed by atoms with van der Waals surface area (Å²) in [6, 6.07) is 3.11. The van der Waals surface area contributed by atoms with Crippen LogP contribution in [-0.2, 0) is 4.79 Å². The number of nitriles is 1. The van der Waals surface area contributed by atoms with Crippen LogP contribution in [0.25, 0.3) is 5.76 Å². The summed E-state index contributed by atoms with van der Waals surface area (Å²) in [5.74, 6) is 1.73. The monoisotopic (exact) mass is 345 g/mol. The van der Waals surface area contributed by atoms with Crippen LogP contribution < -0.4 is 0 Å². The van der Waals surface area contributed by atoms with Crippen LogP contribution in [0.4, 0.5) is 5.69 Å². The topological polar surface area (TPSA) is 148 Å². The van der Waals surface area contributed by atoms with E-state index in [4.69, 9.17) is 0 Å². The first-order chi connectivity index (χ1) is 11.8. The maximum atomic E-state index is 12.4. The van der Waals surface area contributed by atoms with Crippen molar-refractivity contribution in [3.05, 3.63) is 33.4 Å². The summed E-state index contributed by atoms with van der Waals surface area (Å²) >= 11 is 0. The fraction of sp³-hybridized carbons (Fsp3) is 0.250. The zero-order valence-electron chi connectivity index (χ0n) is 13.5. The third-order valence-corrected chi connectivity index (χ3v) is 3.22. The number of aliphatic hydroxyl groups excluding tert-OH is 1. The van der Waals surface area contributed by atoms with Crippen LogP contribution in [0.15, 0.2) is 17.7 Å². The van der Waals surface area contributed by atoms with E-state index >= 15 is 0 Å². The van der Waals surface area contributed by atoms with Crippen molar-refractivity contribution in [1.82, 2.24) is 4.90 Å². The molecule has 0 aliphatic rings. The van der Waals surface area contributed by atoms with Crippen molar-refractivity contribution in [1.29, 1.82) is 5.26 Å². The maximum absolute atomic E-state index is 12.4. The molecule has 0 aliphatic carbocycles. The van der Waals surface area contributed by atoms with E-state index in [1.54, 1.807) is 19.9 Å². The van der Waals surface area contributed by atoms with Crippen LogP contribution in [0.3, 0.4) is 0 Å². The van der Waals surface area contributed by atoms with Gasteiger partial charge in [-0.05, 0) is 19.9 Å². The molecule has 0 radical (unpaired) electrons. The van der Waals surface area contributed by atoms with Gasteiger partial charge < -0.3 is 20.2 Å². The molecule has 0 aromatic heterocycles. The number of carbonyl (C=O) groups excluding carboxylic acids is 1. The van der Waals surface area contributed by atoms with Gasteiger partial charge in [0.25, 0.3) is 5.91 Å². The van der Waals surface area contributed by atoms with E-state index in [2.05, 4.69) is 11.8 Å². The molecule has 0 spiro atoms. The van der Waals surface area contributed by atoms with Crippen LogP contribution in [0.1, 0.15) is 19.4 Å². The molecule has 3 N–H and O–H groups in total. The lowest BCUT2D eigenvalue weighted by Gasteiger charge is -2.18. The summed E-state index contributed by atoms with van der Waals surface area (Å²) < 4.78 is 0. The molecule has 1 rings (SSSR count). The molecule has 1 aromatic rings. The Morgan fingerprint density at radius 1 is 1.40 bits per heavy atom. The molecular formula is C16H15N3O6. The Morgan fingerprint density at radius 3 is 2.52 bits per heavy atom. The average molecular weight is 345 g/mol. The molecule has 0 atom stereocenters. The lowest BCUT2D eigenvalue weighted by atomic mass is 10.1. The number of phenols is 2. The molecule has 0 bridgehead atoms. The summed E-state index contributed by atoms with van der Waals surface area (Å²) in [6.07, 6.45) is 0. The smallest absolute Gasteiger partial charge is 0.315 e. The Bertz CT molecular complexity index is 842. The molecule has 0 saturated heterocycles. The number of hydrogen-bond donors (Lipinski definition) is 3. The standard InChI is InChI=1S/C16H15N3O6/c1-3-5-6-18(4-2)16(23)11(9-17)14(21)10-7-12(19(24)25)15(22)13(20)8-10/h7-8,20-22H,4,6H2,1-2H3/b14-11-.